The van der Waals surface area contributed by atoms with Crippen molar-refractivity contribution >= 4 is 11.9 Å². The summed E-state index contributed by atoms with van der Waals surface area (Å²) in [5, 5.41) is 4.63. The maximum Gasteiger partial charge on any atom is 0.321 e. The number of carbonyl (C=O) groups excluding carboxylic acids is 2. The molecular weight excluding hydrogens is 208 g/mol. The third kappa shape index (κ3) is 3.46. The van der Waals surface area contributed by atoms with Crippen LogP contribution in [0.1, 0.15) is 19.8 Å². The first-order valence-electron chi connectivity index (χ1n) is 5.58. The number of carbonyl (C=O) groups is 2. The van der Waals surface area contributed by atoms with Crippen LogP contribution in [-0.4, -0.2) is 49.1 Å². The van der Waals surface area contributed by atoms with Crippen molar-refractivity contribution in [2.75, 3.05) is 20.1 Å². The van der Waals surface area contributed by atoms with E-state index in [1.807, 2.05) is 0 Å². The molecule has 0 saturated heterocycles. The molecule has 0 aliphatic heterocycles. The third-order valence-corrected chi connectivity index (χ3v) is 2.74. The molecule has 1 aliphatic carbocycles. The lowest BCUT2D eigenvalue weighted by molar-refractivity contribution is -0.124. The summed E-state index contributed by atoms with van der Waals surface area (Å²) in [5.74, 6) is -0.278. The molecule has 0 heterocycles. The highest BCUT2D eigenvalue weighted by Gasteiger charge is 2.34. The second-order valence-electron chi connectivity index (χ2n) is 4.00. The summed E-state index contributed by atoms with van der Waals surface area (Å²) >= 11 is 0. The van der Waals surface area contributed by atoms with Gasteiger partial charge in [-0.2, -0.15) is 0 Å². The Balaban J connectivity index is 2.48. The summed E-state index contributed by atoms with van der Waals surface area (Å²) in [6.07, 6.45) is 2.22. The van der Waals surface area contributed by atoms with E-state index in [0.29, 0.717) is 19.1 Å². The molecule has 16 heavy (non-hydrogen) atoms. The summed E-state index contributed by atoms with van der Waals surface area (Å²) in [7, 11) is 1.48. The Labute approximate surface area is 95.5 Å². The Morgan fingerprint density at radius 3 is 2.56 bits per heavy atom. The van der Waals surface area contributed by atoms with Crippen LogP contribution in [0.3, 0.4) is 0 Å². The first-order chi connectivity index (χ1) is 7.60. The van der Waals surface area contributed by atoms with Crippen LogP contribution in [0.25, 0.3) is 0 Å². The van der Waals surface area contributed by atoms with Crippen LogP contribution in [0.15, 0.2) is 0 Å². The highest BCUT2D eigenvalue weighted by molar-refractivity contribution is 5.96. The van der Waals surface area contributed by atoms with Gasteiger partial charge in [-0.3, -0.25) is 15.0 Å². The van der Waals surface area contributed by atoms with Crippen molar-refractivity contribution in [2.24, 2.45) is 5.73 Å². The van der Waals surface area contributed by atoms with E-state index in [2.05, 4.69) is 15.5 Å². The number of imide groups is 1. The minimum Gasteiger partial charge on any atom is -0.341 e. The lowest BCUT2D eigenvalue weighted by atomic mass is 10.2. The van der Waals surface area contributed by atoms with Gasteiger partial charge in [-0.05, 0) is 19.8 Å². The van der Waals surface area contributed by atoms with E-state index in [1.165, 1.54) is 7.05 Å². The molecule has 0 radical (unpaired) electrons. The second kappa shape index (κ2) is 5.81. The van der Waals surface area contributed by atoms with Gasteiger partial charge in [-0.1, -0.05) is 0 Å². The lowest BCUT2D eigenvalue weighted by Crippen LogP contribution is -2.50. The average molecular weight is 228 g/mol. The topological polar surface area (TPSA) is 87.5 Å². The number of rotatable bonds is 5. The average Bonchev–Trinajstić information content (AvgIpc) is 3.08. The number of nitrogens with two attached hydrogens (primary N) is 1. The van der Waals surface area contributed by atoms with Gasteiger partial charge in [0.05, 0.1) is 6.04 Å². The van der Waals surface area contributed by atoms with Gasteiger partial charge in [0.25, 0.3) is 0 Å². The molecule has 3 amide bonds. The van der Waals surface area contributed by atoms with Gasteiger partial charge < -0.3 is 11.1 Å². The molecule has 1 rings (SSSR count). The highest BCUT2D eigenvalue weighted by atomic mass is 16.2. The summed E-state index contributed by atoms with van der Waals surface area (Å²) in [6, 6.07) is -0.331. The zero-order valence-corrected chi connectivity index (χ0v) is 9.82. The Bertz CT molecular complexity index is 266. The van der Waals surface area contributed by atoms with E-state index in [-0.39, 0.29) is 11.9 Å². The van der Waals surface area contributed by atoms with Gasteiger partial charge in [0, 0.05) is 26.2 Å². The molecule has 1 unspecified atom stereocenters. The molecule has 0 bridgehead atoms. The molecule has 0 aromatic carbocycles. The second-order valence-corrected chi connectivity index (χ2v) is 4.00. The molecule has 0 aromatic rings. The Morgan fingerprint density at radius 2 is 2.12 bits per heavy atom. The fraction of sp³-hybridized carbons (Fsp3) is 0.800. The molecule has 1 aliphatic rings. The Hall–Kier alpha value is -1.14. The van der Waals surface area contributed by atoms with Crippen molar-refractivity contribution in [3.05, 3.63) is 0 Å². The minimum absolute atomic E-state index is 0.278. The zero-order valence-electron chi connectivity index (χ0n) is 9.82. The molecule has 1 saturated carbocycles. The van der Waals surface area contributed by atoms with Crippen molar-refractivity contribution in [1.29, 1.82) is 0 Å². The summed E-state index contributed by atoms with van der Waals surface area (Å²) in [5.41, 5.74) is 5.51. The van der Waals surface area contributed by atoms with Crippen LogP contribution < -0.4 is 16.4 Å². The van der Waals surface area contributed by atoms with Crippen LogP contribution in [0.4, 0.5) is 4.79 Å². The van der Waals surface area contributed by atoms with Gasteiger partial charge in [-0.15, -0.1) is 0 Å². The van der Waals surface area contributed by atoms with E-state index >= 15 is 0 Å². The maximum absolute atomic E-state index is 11.7. The predicted molar refractivity (Wildman–Crippen MR) is 60.8 cm³/mol. The van der Waals surface area contributed by atoms with Crippen molar-refractivity contribution < 1.29 is 9.59 Å². The number of hydrogen-bond acceptors (Lipinski definition) is 4. The smallest absolute Gasteiger partial charge is 0.321 e. The first kappa shape index (κ1) is 12.9. The molecule has 92 valence electrons. The number of urea groups is 1. The van der Waals surface area contributed by atoms with Gasteiger partial charge in [0.1, 0.15) is 0 Å². The molecule has 4 N–H and O–H groups in total. The first-order valence-corrected chi connectivity index (χ1v) is 5.58. The van der Waals surface area contributed by atoms with Crippen molar-refractivity contribution in [1.82, 2.24) is 15.5 Å². The third-order valence-electron chi connectivity index (χ3n) is 2.74. The fourth-order valence-corrected chi connectivity index (χ4v) is 1.68. The van der Waals surface area contributed by atoms with Crippen LogP contribution in [0.2, 0.25) is 0 Å². The molecule has 0 aromatic heterocycles. The van der Waals surface area contributed by atoms with Crippen LogP contribution >= 0.6 is 0 Å². The standard InChI is InChI=1S/C10H20N4O2/c1-7(9(15)13-10(16)12-2)14(6-5-11)8-3-4-8/h7-8H,3-6,11H2,1-2H3,(H2,12,13,15,16). The Kier molecular flexibility index (Phi) is 4.70. The monoisotopic (exact) mass is 228 g/mol. The lowest BCUT2D eigenvalue weighted by Gasteiger charge is -2.27. The van der Waals surface area contributed by atoms with Gasteiger partial charge in [0.15, 0.2) is 0 Å². The van der Waals surface area contributed by atoms with Crippen molar-refractivity contribution in [3.63, 3.8) is 0 Å². The number of hydrogen-bond donors (Lipinski definition) is 3. The molecule has 0 spiro atoms. The number of nitrogens with zero attached hydrogens (tertiary/aromatic N) is 1. The van der Waals surface area contributed by atoms with Gasteiger partial charge in [-0.25, -0.2) is 4.79 Å². The van der Waals surface area contributed by atoms with Crippen molar-refractivity contribution in [3.8, 4) is 0 Å². The largest absolute Gasteiger partial charge is 0.341 e. The molecule has 6 nitrogen and oxygen atoms in total. The quantitative estimate of drug-likeness (QED) is 0.578. The van der Waals surface area contributed by atoms with E-state index < -0.39 is 6.03 Å². The Morgan fingerprint density at radius 1 is 1.50 bits per heavy atom. The van der Waals surface area contributed by atoms with Crippen LogP contribution in [0, 0.1) is 0 Å². The molecule has 6 heteroatoms. The summed E-state index contributed by atoms with van der Waals surface area (Å²) < 4.78 is 0. The van der Waals surface area contributed by atoms with E-state index in [4.69, 9.17) is 5.73 Å². The fourth-order valence-electron chi connectivity index (χ4n) is 1.68. The summed E-state index contributed by atoms with van der Waals surface area (Å²) in [4.78, 5) is 24.8. The molecule has 1 fully saturated rings. The van der Waals surface area contributed by atoms with E-state index in [0.717, 1.165) is 12.8 Å². The summed E-state index contributed by atoms with van der Waals surface area (Å²) in [6.45, 7) is 3.01. The van der Waals surface area contributed by atoms with Gasteiger partial charge in [0.2, 0.25) is 5.91 Å². The van der Waals surface area contributed by atoms with Gasteiger partial charge >= 0.3 is 6.03 Å². The number of amides is 3. The minimum atomic E-state index is -0.472. The van der Waals surface area contributed by atoms with E-state index in [9.17, 15) is 9.59 Å². The highest BCUT2D eigenvalue weighted by Crippen LogP contribution is 2.28. The van der Waals surface area contributed by atoms with Crippen LogP contribution in [0.5, 0.6) is 0 Å². The van der Waals surface area contributed by atoms with Crippen molar-refractivity contribution in [2.45, 2.75) is 31.8 Å². The zero-order chi connectivity index (χ0) is 12.1. The predicted octanol–water partition coefficient (Wildman–Crippen LogP) is -0.746. The molecular formula is C10H20N4O2. The van der Waals surface area contributed by atoms with Crippen LogP contribution in [-0.2, 0) is 4.79 Å². The normalized spacial score (nSPS) is 17.0. The number of nitrogens with one attached hydrogen (secondary N) is 2. The SMILES string of the molecule is CNC(=O)NC(=O)C(C)N(CCN)C1CC1. The maximum atomic E-state index is 11.7. The molecule has 1 atom stereocenters. The van der Waals surface area contributed by atoms with E-state index in [1.54, 1.807) is 6.92 Å².